The highest BCUT2D eigenvalue weighted by molar-refractivity contribution is 5.85. The molecule has 1 N–H and O–H groups in total. The molecule has 146 valence electrons. The maximum absolute atomic E-state index is 5.86. The third kappa shape index (κ3) is 2.75. The van der Waals surface area contributed by atoms with E-state index in [1.54, 1.807) is 0 Å². The number of fused-ring (bicyclic) bond motifs is 5. The maximum Gasteiger partial charge on any atom is 0.141 e. The van der Waals surface area contributed by atoms with Gasteiger partial charge in [-0.15, -0.1) is 0 Å². The quantitative estimate of drug-likeness (QED) is 0.692. The molecule has 5 aliphatic rings. The molecule has 3 nitrogen and oxygen atoms in total. The van der Waals surface area contributed by atoms with Gasteiger partial charge in [0.1, 0.15) is 6.10 Å². The molecule has 1 heterocycles. The van der Waals surface area contributed by atoms with E-state index in [1.807, 2.05) is 0 Å². The minimum absolute atomic E-state index is 0.310. The van der Waals surface area contributed by atoms with Gasteiger partial charge in [-0.2, -0.15) is 0 Å². The van der Waals surface area contributed by atoms with Gasteiger partial charge in [0.2, 0.25) is 0 Å². The van der Waals surface area contributed by atoms with Crippen molar-refractivity contribution < 1.29 is 4.84 Å². The lowest BCUT2D eigenvalue weighted by Crippen LogP contribution is -2.52. The van der Waals surface area contributed by atoms with E-state index in [9.17, 15) is 0 Å². The zero-order chi connectivity index (χ0) is 17.8. The van der Waals surface area contributed by atoms with Crippen LogP contribution < -0.4 is 5.32 Å². The molecule has 4 saturated carbocycles. The lowest BCUT2D eigenvalue weighted by molar-refractivity contribution is -0.0924. The molecule has 0 aromatic rings. The molecule has 5 fully saturated rings. The molecule has 0 bridgehead atoms. The minimum Gasteiger partial charge on any atom is -0.391 e. The Morgan fingerprint density at radius 1 is 1.00 bits per heavy atom. The fourth-order valence-corrected chi connectivity index (χ4v) is 8.00. The van der Waals surface area contributed by atoms with Gasteiger partial charge in [-0.1, -0.05) is 25.4 Å². The van der Waals surface area contributed by atoms with Crippen molar-refractivity contribution in [2.24, 2.45) is 39.7 Å². The number of rotatable bonds is 2. The first kappa shape index (κ1) is 17.5. The zero-order valence-corrected chi connectivity index (χ0v) is 16.9. The predicted molar refractivity (Wildman–Crippen MR) is 106 cm³/mol. The Morgan fingerprint density at radius 2 is 1.92 bits per heavy atom. The van der Waals surface area contributed by atoms with Crippen LogP contribution in [0.4, 0.5) is 0 Å². The van der Waals surface area contributed by atoms with Crippen molar-refractivity contribution in [3.05, 3.63) is 0 Å². The molecule has 26 heavy (non-hydrogen) atoms. The van der Waals surface area contributed by atoms with Gasteiger partial charge in [-0.25, -0.2) is 0 Å². The molecule has 7 atom stereocenters. The van der Waals surface area contributed by atoms with Crippen molar-refractivity contribution >= 4 is 5.71 Å². The highest BCUT2D eigenvalue weighted by Gasteiger charge is 2.57. The van der Waals surface area contributed by atoms with Gasteiger partial charge in [0.15, 0.2) is 0 Å². The average Bonchev–Trinajstić information content (AvgIpc) is 3.28. The molecule has 4 aliphatic carbocycles. The summed E-state index contributed by atoms with van der Waals surface area (Å²) in [4.78, 5) is 5.86. The fourth-order valence-electron chi connectivity index (χ4n) is 8.00. The second kappa shape index (κ2) is 6.50. The molecule has 0 amide bonds. The van der Waals surface area contributed by atoms with Gasteiger partial charge >= 0.3 is 0 Å². The SMILES string of the molecule is C[C@@]12CCC[C@H]1[C@@H]1CC[C@H]3CC(=NO[C@@H]4CCNC4)CC[C@]3(C)[C@H]1CC2. The lowest BCUT2D eigenvalue weighted by atomic mass is 9.45. The van der Waals surface area contributed by atoms with Crippen molar-refractivity contribution in [3.8, 4) is 0 Å². The molecular formula is C23H38N2O. The fraction of sp³-hybridized carbons (Fsp3) is 0.957. The summed E-state index contributed by atoms with van der Waals surface area (Å²) in [7, 11) is 0. The monoisotopic (exact) mass is 358 g/mol. The molecule has 1 saturated heterocycles. The normalized spacial score (nSPS) is 52.4. The number of oxime groups is 1. The van der Waals surface area contributed by atoms with Crippen LogP contribution in [-0.2, 0) is 4.84 Å². The second-order valence-electron chi connectivity index (χ2n) is 10.8. The lowest BCUT2D eigenvalue weighted by Gasteiger charge is -2.60. The van der Waals surface area contributed by atoms with Crippen LogP contribution in [0.5, 0.6) is 0 Å². The third-order valence-electron chi connectivity index (χ3n) is 9.63. The topological polar surface area (TPSA) is 33.6 Å². The first-order valence-electron chi connectivity index (χ1n) is 11.5. The molecule has 0 radical (unpaired) electrons. The number of nitrogens with zero attached hydrogens (tertiary/aromatic N) is 1. The molecule has 5 rings (SSSR count). The van der Waals surface area contributed by atoms with Crippen molar-refractivity contribution in [1.29, 1.82) is 0 Å². The van der Waals surface area contributed by atoms with Crippen molar-refractivity contribution in [3.63, 3.8) is 0 Å². The van der Waals surface area contributed by atoms with E-state index in [-0.39, 0.29) is 0 Å². The largest absolute Gasteiger partial charge is 0.391 e. The summed E-state index contributed by atoms with van der Waals surface area (Å²) in [6.45, 7) is 7.34. The van der Waals surface area contributed by atoms with E-state index in [0.29, 0.717) is 16.9 Å². The average molecular weight is 359 g/mol. The van der Waals surface area contributed by atoms with E-state index in [0.717, 1.165) is 43.2 Å². The van der Waals surface area contributed by atoms with Gasteiger partial charge in [0.25, 0.3) is 0 Å². The van der Waals surface area contributed by atoms with E-state index >= 15 is 0 Å². The number of hydrogen-bond donors (Lipinski definition) is 1. The molecule has 1 aliphatic heterocycles. The van der Waals surface area contributed by atoms with Crippen molar-refractivity contribution in [1.82, 2.24) is 5.32 Å². The molecule has 0 unspecified atom stereocenters. The van der Waals surface area contributed by atoms with Crippen LogP contribution in [0, 0.1) is 34.5 Å². The maximum atomic E-state index is 5.86. The van der Waals surface area contributed by atoms with Gasteiger partial charge in [-0.05, 0) is 98.8 Å². The third-order valence-corrected chi connectivity index (χ3v) is 9.63. The summed E-state index contributed by atoms with van der Waals surface area (Å²) in [6, 6.07) is 0. The molecule has 0 spiro atoms. The first-order valence-corrected chi connectivity index (χ1v) is 11.5. The summed E-state index contributed by atoms with van der Waals surface area (Å²) in [5.74, 6) is 3.90. The Bertz CT molecular complexity index is 569. The van der Waals surface area contributed by atoms with Crippen LogP contribution in [0.25, 0.3) is 0 Å². The summed E-state index contributed by atoms with van der Waals surface area (Å²) < 4.78 is 0. The first-order chi connectivity index (χ1) is 12.6. The van der Waals surface area contributed by atoms with Crippen LogP contribution >= 0.6 is 0 Å². The van der Waals surface area contributed by atoms with Crippen LogP contribution in [0.15, 0.2) is 5.16 Å². The molecule has 0 aromatic carbocycles. The molecular weight excluding hydrogens is 320 g/mol. The van der Waals surface area contributed by atoms with Crippen LogP contribution in [0.1, 0.15) is 84.5 Å². The van der Waals surface area contributed by atoms with Crippen LogP contribution in [0.3, 0.4) is 0 Å². The Labute approximate surface area is 159 Å². The standard InChI is InChI=1S/C23H38N2O/c1-22-10-3-4-20(22)19-6-5-16-14-17(25-26-18-9-13-24-15-18)7-12-23(16,2)21(19)8-11-22/h16,18-21,24H,3-15H2,1-2H3/t16-,18+,19-,20-,21-,22-,23-/m0/s1. The van der Waals surface area contributed by atoms with Gasteiger partial charge < -0.3 is 10.2 Å². The summed E-state index contributed by atoms with van der Waals surface area (Å²) in [5, 5.41) is 8.00. The smallest absolute Gasteiger partial charge is 0.141 e. The number of nitrogens with one attached hydrogen (secondary N) is 1. The van der Waals surface area contributed by atoms with E-state index in [1.165, 1.54) is 69.9 Å². The van der Waals surface area contributed by atoms with E-state index in [4.69, 9.17) is 4.84 Å². The summed E-state index contributed by atoms with van der Waals surface area (Å²) in [6.07, 6.45) is 15.6. The van der Waals surface area contributed by atoms with Crippen LogP contribution in [-0.4, -0.2) is 24.9 Å². The minimum atomic E-state index is 0.310. The van der Waals surface area contributed by atoms with Gasteiger partial charge in [-0.3, -0.25) is 0 Å². The second-order valence-corrected chi connectivity index (χ2v) is 10.8. The predicted octanol–water partition coefficient (Wildman–Crippen LogP) is 5.15. The van der Waals surface area contributed by atoms with Gasteiger partial charge in [0, 0.05) is 13.0 Å². The van der Waals surface area contributed by atoms with Crippen LogP contribution in [0.2, 0.25) is 0 Å². The molecule has 3 heteroatoms. The van der Waals surface area contributed by atoms with Crippen molar-refractivity contribution in [2.75, 3.05) is 13.1 Å². The highest BCUT2D eigenvalue weighted by Crippen LogP contribution is 2.65. The van der Waals surface area contributed by atoms with Gasteiger partial charge in [0.05, 0.1) is 5.71 Å². The molecule has 0 aromatic heterocycles. The van der Waals surface area contributed by atoms with Crippen molar-refractivity contribution in [2.45, 2.75) is 90.6 Å². The summed E-state index contributed by atoms with van der Waals surface area (Å²) >= 11 is 0. The Hall–Kier alpha value is -0.570. The number of hydrogen-bond acceptors (Lipinski definition) is 3. The van der Waals surface area contributed by atoms with E-state index in [2.05, 4.69) is 24.3 Å². The summed E-state index contributed by atoms with van der Waals surface area (Å²) in [5.41, 5.74) is 2.62. The highest BCUT2D eigenvalue weighted by atomic mass is 16.6. The Kier molecular flexibility index (Phi) is 4.38. The Morgan fingerprint density at radius 3 is 2.77 bits per heavy atom. The zero-order valence-electron chi connectivity index (χ0n) is 16.9. The Balaban J connectivity index is 1.29. The van der Waals surface area contributed by atoms with E-state index < -0.39 is 0 Å².